The molecule has 0 aliphatic carbocycles. The van der Waals surface area contributed by atoms with Crippen LogP contribution in [0.15, 0.2) is 0 Å². The van der Waals surface area contributed by atoms with Crippen LogP contribution < -0.4 is 5.32 Å². The first-order valence-electron chi connectivity index (χ1n) is 2.59. The Bertz CT molecular complexity index is 99.6. The lowest BCUT2D eigenvalue weighted by Gasteiger charge is -2.04. The Morgan fingerprint density at radius 3 is 2.60 bits per heavy atom. The molecule has 0 saturated carbocycles. The number of hydrogen-bond donors (Lipinski definition) is 1. The molecule has 10 heavy (non-hydrogen) atoms. The Morgan fingerprint density at radius 2 is 2.30 bits per heavy atom. The minimum absolute atomic E-state index is 0. The predicted molar refractivity (Wildman–Crippen MR) is 49.0 cm³/mol. The Labute approximate surface area is 79.4 Å². The van der Waals surface area contributed by atoms with E-state index in [0.29, 0.717) is 6.54 Å². The number of methoxy groups -OCH3 is 1. The van der Waals surface area contributed by atoms with Gasteiger partial charge in [0.15, 0.2) is 0 Å². The molecule has 0 bridgehead atoms. The predicted octanol–water partition coefficient (Wildman–Crippen LogP) is 0.720. The van der Waals surface area contributed by atoms with Crippen LogP contribution in [0.25, 0.3) is 0 Å². The van der Waals surface area contributed by atoms with Crippen LogP contribution in [0, 0.1) is 0 Å². The maximum Gasteiger partial charge on any atom is 0.320 e. The molecule has 0 saturated heterocycles. The third kappa shape index (κ3) is 5.20. The summed E-state index contributed by atoms with van der Waals surface area (Å²) in [5.41, 5.74) is 0. The molecule has 0 aliphatic rings. The van der Waals surface area contributed by atoms with Gasteiger partial charge in [0.1, 0.15) is 4.83 Å². The summed E-state index contributed by atoms with van der Waals surface area (Å²) < 4.78 is 4.44. The van der Waals surface area contributed by atoms with E-state index in [1.54, 1.807) is 7.05 Å². The highest BCUT2D eigenvalue weighted by molar-refractivity contribution is 9.10. The molecular weight excluding hydrogens is 266 g/mol. The highest BCUT2D eigenvalue weighted by Gasteiger charge is 2.12. The van der Waals surface area contributed by atoms with Crippen molar-refractivity contribution in [3.05, 3.63) is 0 Å². The fraction of sp³-hybridized carbons (Fsp3) is 0.800. The Kier molecular flexibility index (Phi) is 9.76. The Hall–Kier alpha value is 0.390. The zero-order chi connectivity index (χ0) is 7.28. The van der Waals surface area contributed by atoms with Gasteiger partial charge >= 0.3 is 5.97 Å². The number of carbonyl (C=O) groups excluding carboxylic acids is 1. The summed E-state index contributed by atoms with van der Waals surface area (Å²) in [7, 11) is 3.14. The van der Waals surface area contributed by atoms with Gasteiger partial charge in [0.05, 0.1) is 7.11 Å². The van der Waals surface area contributed by atoms with E-state index in [0.717, 1.165) is 0 Å². The second-order valence-corrected chi connectivity index (χ2v) is 2.65. The molecule has 0 aromatic heterocycles. The highest BCUT2D eigenvalue weighted by atomic mass is 79.9. The second kappa shape index (κ2) is 7.50. The van der Waals surface area contributed by atoms with Crippen molar-refractivity contribution in [3.63, 3.8) is 0 Å². The van der Waals surface area contributed by atoms with Crippen LogP contribution in [0.3, 0.4) is 0 Å². The van der Waals surface area contributed by atoms with Gasteiger partial charge in [0.25, 0.3) is 0 Å². The van der Waals surface area contributed by atoms with E-state index in [4.69, 9.17) is 0 Å². The quantitative estimate of drug-likeness (QED) is 0.610. The van der Waals surface area contributed by atoms with Crippen molar-refractivity contribution in [2.45, 2.75) is 4.83 Å². The van der Waals surface area contributed by atoms with E-state index in [2.05, 4.69) is 26.0 Å². The molecule has 1 unspecified atom stereocenters. The summed E-state index contributed by atoms with van der Waals surface area (Å²) in [5.74, 6) is -0.246. The molecule has 0 amide bonds. The van der Waals surface area contributed by atoms with Gasteiger partial charge in [0.2, 0.25) is 0 Å². The minimum atomic E-state index is -0.246. The zero-order valence-corrected chi connectivity index (χ0v) is 9.19. The van der Waals surface area contributed by atoms with Crippen molar-refractivity contribution < 1.29 is 9.53 Å². The van der Waals surface area contributed by atoms with Crippen molar-refractivity contribution in [2.24, 2.45) is 0 Å². The highest BCUT2D eigenvalue weighted by Crippen LogP contribution is 1.98. The lowest BCUT2D eigenvalue weighted by molar-refractivity contribution is -0.139. The largest absolute Gasteiger partial charge is 0.468 e. The van der Waals surface area contributed by atoms with Gasteiger partial charge in [-0.1, -0.05) is 15.9 Å². The summed E-state index contributed by atoms with van der Waals surface area (Å²) in [6.45, 7) is 0.590. The number of halogens is 2. The van der Waals surface area contributed by atoms with Crippen molar-refractivity contribution >= 4 is 38.9 Å². The van der Waals surface area contributed by atoms with E-state index in [1.807, 2.05) is 0 Å². The lowest BCUT2D eigenvalue weighted by Crippen LogP contribution is -2.27. The maximum atomic E-state index is 10.6. The van der Waals surface area contributed by atoms with E-state index in [9.17, 15) is 4.79 Å². The van der Waals surface area contributed by atoms with Crippen LogP contribution in [0.5, 0.6) is 0 Å². The third-order valence-corrected chi connectivity index (χ3v) is 1.54. The van der Waals surface area contributed by atoms with E-state index >= 15 is 0 Å². The smallest absolute Gasteiger partial charge is 0.320 e. The molecule has 0 fully saturated rings. The summed E-state index contributed by atoms with van der Waals surface area (Å²) in [6, 6.07) is 0. The monoisotopic (exact) mass is 275 g/mol. The average molecular weight is 277 g/mol. The molecule has 62 valence electrons. The standard InChI is InChI=1S/C5H10BrNO2.BrH/c1-7-3-4(6)5(8)9-2;/h4,7H,3H2,1-2H3;1H. The SMILES string of the molecule is Br.CNCC(Br)C(=O)OC. The molecule has 0 aliphatic heterocycles. The van der Waals surface area contributed by atoms with E-state index < -0.39 is 0 Å². The van der Waals surface area contributed by atoms with Crippen LogP contribution in [-0.2, 0) is 9.53 Å². The molecular formula is C5H11Br2NO2. The van der Waals surface area contributed by atoms with Crippen molar-refractivity contribution in [3.8, 4) is 0 Å². The Morgan fingerprint density at radius 1 is 1.80 bits per heavy atom. The molecule has 0 aromatic rings. The van der Waals surface area contributed by atoms with Gasteiger partial charge in [0, 0.05) is 6.54 Å². The summed E-state index contributed by atoms with van der Waals surface area (Å²) >= 11 is 3.13. The first-order valence-corrected chi connectivity index (χ1v) is 3.50. The number of hydrogen-bond acceptors (Lipinski definition) is 3. The lowest BCUT2D eigenvalue weighted by atomic mass is 10.4. The first kappa shape index (κ1) is 13.0. The van der Waals surface area contributed by atoms with Gasteiger partial charge in [-0.05, 0) is 7.05 Å². The number of carbonyl (C=O) groups is 1. The summed E-state index contributed by atoms with van der Waals surface area (Å²) in [4.78, 5) is 10.4. The molecule has 0 aromatic carbocycles. The molecule has 0 spiro atoms. The van der Waals surface area contributed by atoms with Gasteiger partial charge in [-0.25, -0.2) is 0 Å². The maximum absolute atomic E-state index is 10.6. The van der Waals surface area contributed by atoms with Crippen LogP contribution in [0.4, 0.5) is 0 Å². The fourth-order valence-electron chi connectivity index (χ4n) is 0.390. The molecule has 5 heteroatoms. The molecule has 3 nitrogen and oxygen atoms in total. The van der Waals surface area contributed by atoms with Crippen molar-refractivity contribution in [2.75, 3.05) is 20.7 Å². The normalized spacial score (nSPS) is 11.5. The van der Waals surface area contributed by atoms with Gasteiger partial charge in [-0.2, -0.15) is 0 Å². The Balaban J connectivity index is 0. The summed E-state index contributed by atoms with van der Waals surface area (Å²) in [6.07, 6.45) is 0. The number of alkyl halides is 1. The first-order chi connectivity index (χ1) is 4.22. The van der Waals surface area contributed by atoms with Crippen LogP contribution in [0.1, 0.15) is 0 Å². The zero-order valence-electron chi connectivity index (χ0n) is 5.89. The van der Waals surface area contributed by atoms with Crippen molar-refractivity contribution in [1.29, 1.82) is 0 Å². The average Bonchev–Trinajstić information content (AvgIpc) is 1.87. The van der Waals surface area contributed by atoms with Crippen LogP contribution in [-0.4, -0.2) is 31.5 Å². The minimum Gasteiger partial charge on any atom is -0.468 e. The number of ether oxygens (including phenoxy) is 1. The van der Waals surface area contributed by atoms with Crippen LogP contribution in [0.2, 0.25) is 0 Å². The summed E-state index contributed by atoms with van der Waals surface area (Å²) in [5, 5.41) is 2.83. The topological polar surface area (TPSA) is 38.3 Å². The van der Waals surface area contributed by atoms with Crippen molar-refractivity contribution in [1.82, 2.24) is 5.32 Å². The molecule has 1 atom stereocenters. The second-order valence-electron chi connectivity index (χ2n) is 1.55. The van der Waals surface area contributed by atoms with E-state index in [-0.39, 0.29) is 27.8 Å². The van der Waals surface area contributed by atoms with Gasteiger partial charge in [-0.15, -0.1) is 17.0 Å². The third-order valence-electron chi connectivity index (χ3n) is 0.840. The van der Waals surface area contributed by atoms with Crippen LogP contribution >= 0.6 is 32.9 Å². The fourth-order valence-corrected chi connectivity index (χ4v) is 0.901. The molecule has 0 heterocycles. The molecule has 0 radical (unpaired) electrons. The van der Waals surface area contributed by atoms with E-state index in [1.165, 1.54) is 7.11 Å². The van der Waals surface area contributed by atoms with Gasteiger partial charge < -0.3 is 10.1 Å². The number of nitrogens with one attached hydrogen (secondary N) is 1. The number of rotatable bonds is 3. The molecule has 1 N–H and O–H groups in total. The molecule has 0 rings (SSSR count). The van der Waals surface area contributed by atoms with Gasteiger partial charge in [-0.3, -0.25) is 4.79 Å². The number of esters is 1.